The fraction of sp³-hybridized carbons (Fsp3) is 0.429. The minimum atomic E-state index is -3.48. The predicted octanol–water partition coefficient (Wildman–Crippen LogP) is 1.40. The van der Waals surface area contributed by atoms with E-state index in [4.69, 9.17) is 5.11 Å². The molecule has 0 radical (unpaired) electrons. The van der Waals surface area contributed by atoms with Gasteiger partial charge in [0.1, 0.15) is 6.61 Å². The summed E-state index contributed by atoms with van der Waals surface area (Å²) in [7, 11) is -1.88. The fourth-order valence-corrected chi connectivity index (χ4v) is 3.76. The Morgan fingerprint density at radius 3 is 2.45 bits per heavy atom. The van der Waals surface area contributed by atoms with Gasteiger partial charge in [-0.05, 0) is 37.4 Å². The largest absolute Gasteiger partial charge is 0.384 e. The van der Waals surface area contributed by atoms with Gasteiger partial charge in [0.25, 0.3) is 0 Å². The van der Waals surface area contributed by atoms with E-state index in [1.807, 2.05) is 13.2 Å². The zero-order chi connectivity index (χ0) is 15.2. The zero-order valence-corrected chi connectivity index (χ0v) is 13.5. The van der Waals surface area contributed by atoms with Crippen LogP contribution in [-0.4, -0.2) is 49.5 Å². The first-order chi connectivity index (χ1) is 9.43. The molecule has 0 saturated carbocycles. The maximum absolute atomic E-state index is 12.4. The summed E-state index contributed by atoms with van der Waals surface area (Å²) in [4.78, 5) is 0.252. The number of hydrogen-bond donors (Lipinski definition) is 1. The lowest BCUT2D eigenvalue weighted by Gasteiger charge is -2.23. The van der Waals surface area contributed by atoms with E-state index in [2.05, 4.69) is 11.8 Å². The number of nitrogens with zero attached hydrogens (tertiary/aromatic N) is 1. The van der Waals surface area contributed by atoms with Crippen molar-refractivity contribution in [3.05, 3.63) is 29.8 Å². The molecular formula is C14H19NO3S2. The second-order valence-electron chi connectivity index (χ2n) is 4.31. The monoisotopic (exact) mass is 313 g/mol. The molecule has 20 heavy (non-hydrogen) atoms. The Hall–Kier alpha value is -1.00. The highest BCUT2D eigenvalue weighted by Gasteiger charge is 2.24. The average Bonchev–Trinajstić information content (AvgIpc) is 2.45. The van der Waals surface area contributed by atoms with E-state index in [0.717, 1.165) is 5.75 Å². The number of thioether (sulfide) groups is 1. The minimum Gasteiger partial charge on any atom is -0.384 e. The van der Waals surface area contributed by atoms with Crippen LogP contribution in [0.25, 0.3) is 0 Å². The molecule has 1 aromatic rings. The summed E-state index contributed by atoms with van der Waals surface area (Å²) in [6, 6.07) is 6.30. The summed E-state index contributed by atoms with van der Waals surface area (Å²) >= 11 is 1.61. The first kappa shape index (κ1) is 17.1. The number of aliphatic hydroxyl groups excluding tert-OH is 1. The number of sulfonamides is 1. The third-order valence-corrected chi connectivity index (χ3v) is 5.67. The molecular weight excluding hydrogens is 294 g/mol. The maximum atomic E-state index is 12.4. The standard InChI is InChI=1S/C14H19NO3S2/c1-12(11-19-3)15(2)20(17,18)14-8-6-13(7-9-14)5-4-10-16/h6-9,12,16H,10-11H2,1-3H3. The molecule has 1 unspecified atom stereocenters. The summed E-state index contributed by atoms with van der Waals surface area (Å²) in [5.74, 6) is 6.00. The molecule has 1 atom stereocenters. The molecule has 6 heteroatoms. The highest BCUT2D eigenvalue weighted by Crippen LogP contribution is 2.18. The fourth-order valence-electron chi connectivity index (χ4n) is 1.60. The van der Waals surface area contributed by atoms with E-state index in [1.54, 1.807) is 43.1 Å². The van der Waals surface area contributed by atoms with E-state index in [-0.39, 0.29) is 17.5 Å². The van der Waals surface area contributed by atoms with Crippen molar-refractivity contribution in [2.24, 2.45) is 0 Å². The summed E-state index contributed by atoms with van der Waals surface area (Å²) in [6.07, 6.45) is 1.95. The molecule has 1 rings (SSSR count). The molecule has 110 valence electrons. The predicted molar refractivity (Wildman–Crippen MR) is 83.2 cm³/mol. The van der Waals surface area contributed by atoms with Gasteiger partial charge in [0.15, 0.2) is 0 Å². The van der Waals surface area contributed by atoms with Crippen LogP contribution in [0.15, 0.2) is 29.2 Å². The molecule has 0 fully saturated rings. The number of benzene rings is 1. The second-order valence-corrected chi connectivity index (χ2v) is 7.22. The summed E-state index contributed by atoms with van der Waals surface area (Å²) < 4.78 is 26.2. The van der Waals surface area contributed by atoms with Gasteiger partial charge in [0.05, 0.1) is 4.90 Å². The lowest BCUT2D eigenvalue weighted by molar-refractivity contribution is 0.350. The van der Waals surface area contributed by atoms with Gasteiger partial charge in [-0.3, -0.25) is 0 Å². The normalized spacial score (nSPS) is 12.8. The SMILES string of the molecule is CSCC(C)N(C)S(=O)(=O)c1ccc(C#CCO)cc1. The smallest absolute Gasteiger partial charge is 0.243 e. The molecule has 0 aliphatic carbocycles. The Kier molecular flexibility index (Phi) is 6.56. The zero-order valence-electron chi connectivity index (χ0n) is 11.8. The van der Waals surface area contributed by atoms with Crippen LogP contribution in [0.1, 0.15) is 12.5 Å². The van der Waals surface area contributed by atoms with Gasteiger partial charge < -0.3 is 5.11 Å². The van der Waals surface area contributed by atoms with Crippen molar-refractivity contribution in [1.82, 2.24) is 4.31 Å². The minimum absolute atomic E-state index is 0.0659. The van der Waals surface area contributed by atoms with Gasteiger partial charge in [-0.25, -0.2) is 8.42 Å². The van der Waals surface area contributed by atoms with Crippen molar-refractivity contribution in [1.29, 1.82) is 0 Å². The molecule has 1 aromatic carbocycles. The van der Waals surface area contributed by atoms with Gasteiger partial charge in [0.2, 0.25) is 10.0 Å². The van der Waals surface area contributed by atoms with Crippen LogP contribution in [-0.2, 0) is 10.0 Å². The van der Waals surface area contributed by atoms with Crippen LogP contribution in [0, 0.1) is 11.8 Å². The maximum Gasteiger partial charge on any atom is 0.243 e. The van der Waals surface area contributed by atoms with Crippen LogP contribution in [0.5, 0.6) is 0 Å². The van der Waals surface area contributed by atoms with Crippen LogP contribution in [0.4, 0.5) is 0 Å². The highest BCUT2D eigenvalue weighted by molar-refractivity contribution is 7.98. The topological polar surface area (TPSA) is 57.6 Å². The highest BCUT2D eigenvalue weighted by atomic mass is 32.2. The Morgan fingerprint density at radius 2 is 1.95 bits per heavy atom. The summed E-state index contributed by atoms with van der Waals surface area (Å²) in [6.45, 7) is 1.67. The second kappa shape index (κ2) is 7.70. The van der Waals surface area contributed by atoms with Gasteiger partial charge in [0, 0.05) is 24.4 Å². The van der Waals surface area contributed by atoms with Gasteiger partial charge in [-0.1, -0.05) is 11.8 Å². The van der Waals surface area contributed by atoms with Crippen molar-refractivity contribution in [3.8, 4) is 11.8 Å². The molecule has 4 nitrogen and oxygen atoms in total. The van der Waals surface area contributed by atoms with Gasteiger partial charge >= 0.3 is 0 Å². The molecule has 0 amide bonds. The number of aliphatic hydroxyl groups is 1. The Morgan fingerprint density at radius 1 is 1.35 bits per heavy atom. The van der Waals surface area contributed by atoms with Crippen LogP contribution in [0.2, 0.25) is 0 Å². The molecule has 0 aliphatic rings. The Bertz CT molecular complexity index is 585. The summed E-state index contributed by atoms with van der Waals surface area (Å²) in [5, 5.41) is 8.62. The first-order valence-corrected chi connectivity index (χ1v) is 8.93. The van der Waals surface area contributed by atoms with Crippen LogP contribution < -0.4 is 0 Å². The quantitative estimate of drug-likeness (QED) is 0.835. The molecule has 0 spiro atoms. The van der Waals surface area contributed by atoms with E-state index in [0.29, 0.717) is 5.56 Å². The van der Waals surface area contributed by atoms with Crippen LogP contribution in [0.3, 0.4) is 0 Å². The lowest BCUT2D eigenvalue weighted by Crippen LogP contribution is -2.36. The van der Waals surface area contributed by atoms with E-state index < -0.39 is 10.0 Å². The van der Waals surface area contributed by atoms with Crippen molar-refractivity contribution in [2.75, 3.05) is 25.7 Å². The third kappa shape index (κ3) is 4.25. The molecule has 0 aromatic heterocycles. The van der Waals surface area contributed by atoms with Gasteiger partial charge in [-0.2, -0.15) is 16.1 Å². The molecule has 0 saturated heterocycles. The molecule has 0 heterocycles. The van der Waals surface area contributed by atoms with Crippen molar-refractivity contribution < 1.29 is 13.5 Å². The summed E-state index contributed by atoms with van der Waals surface area (Å²) in [5.41, 5.74) is 0.679. The first-order valence-electron chi connectivity index (χ1n) is 6.10. The Labute approximate surface area is 125 Å². The van der Waals surface area contributed by atoms with Gasteiger partial charge in [-0.15, -0.1) is 0 Å². The third-order valence-electron chi connectivity index (χ3n) is 2.87. The van der Waals surface area contributed by atoms with Crippen molar-refractivity contribution in [3.63, 3.8) is 0 Å². The average molecular weight is 313 g/mol. The van der Waals surface area contributed by atoms with Crippen molar-refractivity contribution in [2.45, 2.75) is 17.9 Å². The molecule has 1 N–H and O–H groups in total. The van der Waals surface area contributed by atoms with E-state index >= 15 is 0 Å². The van der Waals surface area contributed by atoms with E-state index in [1.165, 1.54) is 4.31 Å². The lowest BCUT2D eigenvalue weighted by atomic mass is 10.2. The molecule has 0 bridgehead atoms. The number of hydrogen-bond acceptors (Lipinski definition) is 4. The molecule has 0 aliphatic heterocycles. The van der Waals surface area contributed by atoms with E-state index in [9.17, 15) is 8.42 Å². The van der Waals surface area contributed by atoms with Crippen molar-refractivity contribution >= 4 is 21.8 Å². The number of rotatable bonds is 5. The Balaban J connectivity index is 2.98. The van der Waals surface area contributed by atoms with Crippen LogP contribution >= 0.6 is 11.8 Å².